The molecule has 1 heterocycles. The molecule has 34 heavy (non-hydrogen) atoms. The van der Waals surface area contributed by atoms with E-state index in [0.29, 0.717) is 5.56 Å². The lowest BCUT2D eigenvalue weighted by atomic mass is 9.56. The highest BCUT2D eigenvalue weighted by molar-refractivity contribution is 7.93. The smallest absolute Gasteiger partial charge is 0.271 e. The molecule has 0 spiro atoms. The second kappa shape index (κ2) is 7.77. The molecule has 0 radical (unpaired) electrons. The van der Waals surface area contributed by atoms with Crippen LogP contribution in [0.5, 0.6) is 0 Å². The summed E-state index contributed by atoms with van der Waals surface area (Å²) in [5.74, 6) is -2.55. The van der Waals surface area contributed by atoms with Crippen LogP contribution in [0, 0.1) is 18.7 Å². The van der Waals surface area contributed by atoms with Crippen LogP contribution < -0.4 is 0 Å². The molecule has 3 nitrogen and oxygen atoms in total. The van der Waals surface area contributed by atoms with E-state index in [1.165, 1.54) is 24.3 Å². The normalized spacial score (nSPS) is 26.5. The second-order valence-corrected chi connectivity index (χ2v) is 11.0. The van der Waals surface area contributed by atoms with Gasteiger partial charge in [0.1, 0.15) is 11.1 Å². The Morgan fingerprint density at radius 3 is 2.12 bits per heavy atom. The molecule has 0 N–H and O–H groups in total. The van der Waals surface area contributed by atoms with Gasteiger partial charge in [-0.2, -0.15) is 13.2 Å². The van der Waals surface area contributed by atoms with E-state index in [0.717, 1.165) is 17.7 Å². The first-order valence-corrected chi connectivity index (χ1v) is 12.4. The predicted octanol–water partition coefficient (Wildman–Crippen LogP) is 5.88. The van der Waals surface area contributed by atoms with Crippen LogP contribution in [0.3, 0.4) is 0 Å². The summed E-state index contributed by atoms with van der Waals surface area (Å²) >= 11 is 0. The van der Waals surface area contributed by atoms with Crippen molar-refractivity contribution in [3.8, 4) is 0 Å². The van der Waals surface area contributed by atoms with Gasteiger partial charge in [0.15, 0.2) is 15.4 Å². The standard InChI is InChI=1S/C26H21F4NO2S/c1-16-7-13-20(14-8-16)34(32,33)24-22-21(17-5-3-2-4-6-17)15-25(22,26(28,29)30)31-23(24)18-9-11-19(27)12-10-18/h2-14,21-22,24H,15H2,1H3. The van der Waals surface area contributed by atoms with Gasteiger partial charge in [-0.15, -0.1) is 0 Å². The molecule has 0 aromatic heterocycles. The molecule has 1 aliphatic heterocycles. The minimum Gasteiger partial charge on any atom is -0.271 e. The SMILES string of the molecule is Cc1ccc(S(=O)(=O)C2C(c3ccc(F)cc3)=NC3(C(F)(F)F)CC(c4ccccc4)C23)cc1. The highest BCUT2D eigenvalue weighted by Gasteiger charge is 2.75. The number of halogens is 4. The van der Waals surface area contributed by atoms with Gasteiger partial charge in [0.25, 0.3) is 0 Å². The molecular formula is C26H21F4NO2S. The van der Waals surface area contributed by atoms with Crippen LogP contribution in [0.4, 0.5) is 17.6 Å². The Balaban J connectivity index is 1.72. The topological polar surface area (TPSA) is 46.5 Å². The van der Waals surface area contributed by atoms with Crippen LogP contribution in [0.25, 0.3) is 0 Å². The van der Waals surface area contributed by atoms with Crippen molar-refractivity contribution in [3.05, 3.63) is 101 Å². The summed E-state index contributed by atoms with van der Waals surface area (Å²) in [6.45, 7) is 1.80. The van der Waals surface area contributed by atoms with Gasteiger partial charge in [0.05, 0.1) is 10.6 Å². The Morgan fingerprint density at radius 1 is 0.912 bits per heavy atom. The zero-order chi connectivity index (χ0) is 24.3. The highest BCUT2D eigenvalue weighted by Crippen LogP contribution is 2.65. The molecule has 5 rings (SSSR count). The van der Waals surface area contributed by atoms with Crippen molar-refractivity contribution >= 4 is 15.5 Å². The fraction of sp³-hybridized carbons (Fsp3) is 0.269. The average Bonchev–Trinajstić information content (AvgIpc) is 3.06. The van der Waals surface area contributed by atoms with Crippen LogP contribution in [-0.2, 0) is 9.84 Å². The third kappa shape index (κ3) is 3.38. The molecule has 4 unspecified atom stereocenters. The Hall–Kier alpha value is -3.00. The van der Waals surface area contributed by atoms with Gasteiger partial charge in [-0.3, -0.25) is 4.99 Å². The maximum Gasteiger partial charge on any atom is 0.413 e. The van der Waals surface area contributed by atoms with Crippen molar-refractivity contribution in [1.29, 1.82) is 0 Å². The lowest BCUT2D eigenvalue weighted by Crippen LogP contribution is -2.62. The van der Waals surface area contributed by atoms with Crippen molar-refractivity contribution in [2.45, 2.75) is 41.1 Å². The van der Waals surface area contributed by atoms with Crippen molar-refractivity contribution in [2.75, 3.05) is 0 Å². The molecule has 0 amide bonds. The molecule has 0 bridgehead atoms. The largest absolute Gasteiger partial charge is 0.413 e. The Labute approximate surface area is 195 Å². The van der Waals surface area contributed by atoms with Crippen LogP contribution in [-0.4, -0.2) is 31.1 Å². The van der Waals surface area contributed by atoms with E-state index >= 15 is 0 Å². The number of fused-ring (bicyclic) bond motifs is 1. The number of aryl methyl sites for hydroxylation is 1. The van der Waals surface area contributed by atoms with E-state index in [1.54, 1.807) is 49.4 Å². The van der Waals surface area contributed by atoms with Crippen molar-refractivity contribution < 1.29 is 26.0 Å². The Bertz CT molecular complexity index is 1350. The predicted molar refractivity (Wildman–Crippen MR) is 121 cm³/mol. The fourth-order valence-corrected chi connectivity index (χ4v) is 7.35. The quantitative estimate of drug-likeness (QED) is 0.431. The maximum absolute atomic E-state index is 14.5. The molecule has 1 fully saturated rings. The average molecular weight is 488 g/mol. The Morgan fingerprint density at radius 2 is 1.53 bits per heavy atom. The molecule has 3 aromatic carbocycles. The molecule has 1 saturated carbocycles. The van der Waals surface area contributed by atoms with Crippen LogP contribution in [0.1, 0.15) is 29.0 Å². The zero-order valence-electron chi connectivity index (χ0n) is 18.1. The first kappa shape index (κ1) is 22.8. The molecule has 3 aromatic rings. The molecule has 0 saturated heterocycles. The first-order valence-electron chi connectivity index (χ1n) is 10.8. The number of sulfone groups is 1. The van der Waals surface area contributed by atoms with Crippen molar-refractivity contribution in [1.82, 2.24) is 0 Å². The highest BCUT2D eigenvalue weighted by atomic mass is 32.2. The molecule has 2 aliphatic rings. The minimum absolute atomic E-state index is 0.0606. The van der Waals surface area contributed by atoms with Gasteiger partial charge in [-0.25, -0.2) is 12.8 Å². The number of nitrogens with zero attached hydrogens (tertiary/aromatic N) is 1. The van der Waals surface area contributed by atoms with Crippen molar-refractivity contribution in [3.63, 3.8) is 0 Å². The second-order valence-electron chi connectivity index (χ2n) is 8.95. The van der Waals surface area contributed by atoms with E-state index in [-0.39, 0.29) is 22.6 Å². The summed E-state index contributed by atoms with van der Waals surface area (Å²) in [7, 11) is -4.26. The molecule has 176 valence electrons. The van der Waals surface area contributed by atoms with Crippen molar-refractivity contribution in [2.24, 2.45) is 10.9 Å². The monoisotopic (exact) mass is 487 g/mol. The number of benzene rings is 3. The first-order chi connectivity index (χ1) is 16.0. The third-order valence-electron chi connectivity index (χ3n) is 6.97. The lowest BCUT2D eigenvalue weighted by Gasteiger charge is -2.51. The van der Waals surface area contributed by atoms with Gasteiger partial charge in [0, 0.05) is 5.92 Å². The van der Waals surface area contributed by atoms with Crippen LogP contribution in [0.2, 0.25) is 0 Å². The van der Waals surface area contributed by atoms with Gasteiger partial charge < -0.3 is 0 Å². The summed E-state index contributed by atoms with van der Waals surface area (Å²) < 4.78 is 85.0. The van der Waals surface area contributed by atoms with Gasteiger partial charge in [-0.05, 0) is 54.7 Å². The fourth-order valence-electron chi connectivity index (χ4n) is 5.26. The van der Waals surface area contributed by atoms with E-state index in [1.807, 2.05) is 0 Å². The number of alkyl halides is 3. The summed E-state index contributed by atoms with van der Waals surface area (Å²) in [6.07, 6.45) is -5.08. The van der Waals surface area contributed by atoms with Crippen LogP contribution in [0.15, 0.2) is 88.8 Å². The zero-order valence-corrected chi connectivity index (χ0v) is 18.9. The van der Waals surface area contributed by atoms with E-state index in [4.69, 9.17) is 0 Å². The van der Waals surface area contributed by atoms with E-state index in [2.05, 4.69) is 4.99 Å². The number of hydrogen-bond donors (Lipinski definition) is 0. The van der Waals surface area contributed by atoms with E-state index in [9.17, 15) is 26.0 Å². The summed E-state index contributed by atoms with van der Waals surface area (Å²) in [6, 6.07) is 19.5. The molecular weight excluding hydrogens is 466 g/mol. The third-order valence-corrected chi connectivity index (χ3v) is 9.09. The van der Waals surface area contributed by atoms with E-state index < -0.39 is 44.5 Å². The maximum atomic E-state index is 14.5. The molecule has 1 aliphatic carbocycles. The summed E-state index contributed by atoms with van der Waals surface area (Å²) in [5, 5.41) is -1.53. The summed E-state index contributed by atoms with van der Waals surface area (Å²) in [4.78, 5) is 4.05. The number of rotatable bonds is 4. The molecule has 8 heteroatoms. The van der Waals surface area contributed by atoms with Crippen LogP contribution >= 0.6 is 0 Å². The summed E-state index contributed by atoms with van der Waals surface area (Å²) in [5.41, 5.74) is -1.03. The number of aliphatic imine (C=N–C) groups is 1. The van der Waals surface area contributed by atoms with Gasteiger partial charge >= 0.3 is 6.18 Å². The Kier molecular flexibility index (Phi) is 5.20. The minimum atomic E-state index is -4.74. The lowest BCUT2D eigenvalue weighted by molar-refractivity contribution is -0.226. The number of hydrogen-bond acceptors (Lipinski definition) is 3. The van der Waals surface area contributed by atoms with Gasteiger partial charge in [-0.1, -0.05) is 60.2 Å². The molecule has 4 atom stereocenters. The van der Waals surface area contributed by atoms with Gasteiger partial charge in [0.2, 0.25) is 0 Å².